The number of hydrogen-bond acceptors (Lipinski definition) is 5. The molecule has 0 bridgehead atoms. The van der Waals surface area contributed by atoms with Crippen molar-refractivity contribution in [2.45, 2.75) is 38.8 Å². The van der Waals surface area contributed by atoms with Crippen molar-refractivity contribution in [3.8, 4) is 5.75 Å². The Hall–Kier alpha value is -2.48. The van der Waals surface area contributed by atoms with Crippen LogP contribution in [0.2, 0.25) is 0 Å². The van der Waals surface area contributed by atoms with Crippen molar-refractivity contribution in [1.29, 1.82) is 0 Å². The van der Waals surface area contributed by atoms with Gasteiger partial charge in [0.15, 0.2) is 11.6 Å². The first kappa shape index (κ1) is 18.9. The van der Waals surface area contributed by atoms with E-state index in [0.29, 0.717) is 11.6 Å². The molecule has 0 aliphatic carbocycles. The van der Waals surface area contributed by atoms with Crippen LogP contribution in [0.15, 0.2) is 24.3 Å². The van der Waals surface area contributed by atoms with Crippen molar-refractivity contribution in [1.82, 2.24) is 20.1 Å². The molecule has 1 fully saturated rings. The van der Waals surface area contributed by atoms with Gasteiger partial charge in [-0.25, -0.2) is 9.37 Å². The van der Waals surface area contributed by atoms with Crippen molar-refractivity contribution < 1.29 is 19.0 Å². The molecular formula is C17H23FN4O3. The van der Waals surface area contributed by atoms with E-state index in [1.807, 2.05) is 0 Å². The molecule has 2 N–H and O–H groups in total. The predicted octanol–water partition coefficient (Wildman–Crippen LogP) is 2.77. The molecule has 1 aromatic heterocycles. The number of ether oxygens (including phenoxy) is 1. The smallest absolute Gasteiger partial charge is 0.290 e. The lowest BCUT2D eigenvalue weighted by molar-refractivity contribution is -0.122. The molecule has 7 nitrogen and oxygen atoms in total. The predicted molar refractivity (Wildman–Crippen MR) is 89.6 cm³/mol. The average molecular weight is 350 g/mol. The van der Waals surface area contributed by atoms with Crippen molar-refractivity contribution in [3.05, 3.63) is 41.7 Å². The van der Waals surface area contributed by atoms with E-state index < -0.39 is 0 Å². The number of carbonyl (C=O) groups is 1. The third-order valence-electron chi connectivity index (χ3n) is 4.03. The lowest BCUT2D eigenvalue weighted by atomic mass is 10.1. The van der Waals surface area contributed by atoms with Gasteiger partial charge in [-0.3, -0.25) is 14.8 Å². The van der Waals surface area contributed by atoms with Gasteiger partial charge in [-0.05, 0) is 45.0 Å². The lowest BCUT2D eigenvalue weighted by Gasteiger charge is -2.30. The minimum Gasteiger partial charge on any atom is -0.486 e. The van der Waals surface area contributed by atoms with E-state index in [0.717, 1.165) is 18.9 Å². The van der Waals surface area contributed by atoms with E-state index in [9.17, 15) is 4.39 Å². The van der Waals surface area contributed by atoms with E-state index in [1.165, 1.54) is 31.4 Å². The number of aromatic nitrogens is 3. The molecule has 2 heterocycles. The summed E-state index contributed by atoms with van der Waals surface area (Å²) in [6.07, 6.45) is 3.79. The summed E-state index contributed by atoms with van der Waals surface area (Å²) in [7, 11) is 0. The highest BCUT2D eigenvalue weighted by molar-refractivity contribution is 5.32. The summed E-state index contributed by atoms with van der Waals surface area (Å²) in [5, 5.41) is 14.1. The molecule has 0 radical (unpaired) electrons. The number of halogens is 1. The maximum absolute atomic E-state index is 13.1. The second-order valence-corrected chi connectivity index (χ2v) is 5.76. The van der Waals surface area contributed by atoms with Crippen molar-refractivity contribution >= 4 is 6.47 Å². The van der Waals surface area contributed by atoms with E-state index >= 15 is 0 Å². The van der Waals surface area contributed by atoms with Crippen molar-refractivity contribution in [2.24, 2.45) is 0 Å². The van der Waals surface area contributed by atoms with Gasteiger partial charge in [-0.1, -0.05) is 12.5 Å². The molecule has 1 unspecified atom stereocenters. The Balaban J connectivity index is 0.000000701. The molecule has 1 atom stereocenters. The molecule has 0 saturated carbocycles. The number of H-pyrrole nitrogens is 1. The van der Waals surface area contributed by atoms with Crippen LogP contribution in [0.25, 0.3) is 0 Å². The summed E-state index contributed by atoms with van der Waals surface area (Å²) < 4.78 is 18.6. The van der Waals surface area contributed by atoms with Gasteiger partial charge in [0.2, 0.25) is 0 Å². The van der Waals surface area contributed by atoms with Crippen LogP contribution in [0.5, 0.6) is 5.75 Å². The zero-order chi connectivity index (χ0) is 18.1. The highest BCUT2D eigenvalue weighted by atomic mass is 19.1. The quantitative estimate of drug-likeness (QED) is 0.806. The summed E-state index contributed by atoms with van der Waals surface area (Å²) in [5.74, 6) is 1.62. The van der Waals surface area contributed by atoms with Gasteiger partial charge >= 0.3 is 0 Å². The number of rotatable bonds is 5. The minimum atomic E-state index is -0.311. The summed E-state index contributed by atoms with van der Waals surface area (Å²) in [4.78, 5) is 15.3. The van der Waals surface area contributed by atoms with E-state index in [-0.39, 0.29) is 24.9 Å². The van der Waals surface area contributed by atoms with Gasteiger partial charge in [-0.2, -0.15) is 5.10 Å². The van der Waals surface area contributed by atoms with Crippen molar-refractivity contribution in [3.63, 3.8) is 0 Å². The van der Waals surface area contributed by atoms with E-state index in [1.54, 1.807) is 12.1 Å². The summed E-state index contributed by atoms with van der Waals surface area (Å²) in [6.45, 7) is 4.34. The molecule has 0 spiro atoms. The third-order valence-corrected chi connectivity index (χ3v) is 4.03. The fraction of sp³-hybridized carbons (Fsp3) is 0.471. The van der Waals surface area contributed by atoms with Crippen LogP contribution in [0.4, 0.5) is 4.39 Å². The Labute approximate surface area is 145 Å². The fourth-order valence-corrected chi connectivity index (χ4v) is 2.74. The van der Waals surface area contributed by atoms with Crippen LogP contribution in [0.3, 0.4) is 0 Å². The normalized spacial score (nSPS) is 15.8. The molecule has 8 heteroatoms. The Bertz CT molecular complexity index is 659. The topological polar surface area (TPSA) is 91.3 Å². The Morgan fingerprint density at radius 3 is 2.80 bits per heavy atom. The summed E-state index contributed by atoms with van der Waals surface area (Å²) >= 11 is 0. The molecule has 1 aliphatic heterocycles. The first-order chi connectivity index (χ1) is 12.1. The molecule has 1 aliphatic rings. The fourth-order valence-electron chi connectivity index (χ4n) is 2.74. The molecule has 3 rings (SSSR count). The zero-order valence-corrected chi connectivity index (χ0v) is 14.2. The second kappa shape index (κ2) is 9.73. The molecule has 1 aromatic carbocycles. The van der Waals surface area contributed by atoms with Gasteiger partial charge in [0.25, 0.3) is 6.47 Å². The SMILES string of the molecule is CC(c1n[nH]c(COc2cccc(F)c2)n1)N1CCCCC1.O=CO. The number of benzene rings is 1. The van der Waals surface area contributed by atoms with Crippen LogP contribution in [0.1, 0.15) is 43.9 Å². The van der Waals surface area contributed by atoms with Gasteiger partial charge in [-0.15, -0.1) is 0 Å². The standard InChI is InChI=1S/C16H21FN4O.CH2O2/c1-12(21-8-3-2-4-9-21)16-18-15(19-20-16)11-22-14-7-5-6-13(17)10-14;2-1-3/h5-7,10,12H,2-4,8-9,11H2,1H3,(H,18,19,20);1H,(H,2,3). The number of aromatic amines is 1. The number of hydrogen-bond donors (Lipinski definition) is 2. The first-order valence-corrected chi connectivity index (χ1v) is 8.25. The van der Waals surface area contributed by atoms with Crippen LogP contribution >= 0.6 is 0 Å². The average Bonchev–Trinajstić information content (AvgIpc) is 3.10. The summed E-state index contributed by atoms with van der Waals surface area (Å²) in [6, 6.07) is 6.29. The number of carboxylic acid groups (broad SMARTS) is 1. The van der Waals surface area contributed by atoms with Crippen LogP contribution in [-0.2, 0) is 11.4 Å². The van der Waals surface area contributed by atoms with Crippen LogP contribution in [-0.4, -0.2) is 44.7 Å². The zero-order valence-electron chi connectivity index (χ0n) is 14.2. The highest BCUT2D eigenvalue weighted by Crippen LogP contribution is 2.21. The molecule has 136 valence electrons. The molecule has 25 heavy (non-hydrogen) atoms. The largest absolute Gasteiger partial charge is 0.486 e. The molecule has 1 saturated heterocycles. The van der Waals surface area contributed by atoms with Crippen molar-refractivity contribution in [2.75, 3.05) is 13.1 Å². The first-order valence-electron chi connectivity index (χ1n) is 8.25. The van der Waals surface area contributed by atoms with Gasteiger partial charge in [0.1, 0.15) is 18.2 Å². The monoisotopic (exact) mass is 350 g/mol. The number of piperidine rings is 1. The summed E-state index contributed by atoms with van der Waals surface area (Å²) in [5.41, 5.74) is 0. The van der Waals surface area contributed by atoms with E-state index in [2.05, 4.69) is 27.0 Å². The Morgan fingerprint density at radius 2 is 2.12 bits per heavy atom. The Morgan fingerprint density at radius 1 is 1.40 bits per heavy atom. The Kier molecular flexibility index (Phi) is 7.34. The maximum atomic E-state index is 13.1. The van der Waals surface area contributed by atoms with Gasteiger partial charge in [0.05, 0.1) is 6.04 Å². The minimum absolute atomic E-state index is 0.208. The maximum Gasteiger partial charge on any atom is 0.290 e. The highest BCUT2D eigenvalue weighted by Gasteiger charge is 2.21. The molecule has 2 aromatic rings. The lowest BCUT2D eigenvalue weighted by Crippen LogP contribution is -2.32. The number of nitrogens with one attached hydrogen (secondary N) is 1. The molecular weight excluding hydrogens is 327 g/mol. The van der Waals surface area contributed by atoms with Gasteiger partial charge < -0.3 is 9.84 Å². The second-order valence-electron chi connectivity index (χ2n) is 5.76. The number of nitrogens with zero attached hydrogens (tertiary/aromatic N) is 3. The van der Waals surface area contributed by atoms with Gasteiger partial charge in [0, 0.05) is 6.07 Å². The van der Waals surface area contributed by atoms with Crippen LogP contribution < -0.4 is 4.74 Å². The van der Waals surface area contributed by atoms with E-state index in [4.69, 9.17) is 14.6 Å². The third kappa shape index (κ3) is 5.82. The number of likely N-dealkylation sites (tertiary alicyclic amines) is 1. The molecule has 0 amide bonds. The van der Waals surface area contributed by atoms with Crippen LogP contribution in [0, 0.1) is 5.82 Å².